The van der Waals surface area contributed by atoms with E-state index < -0.39 is 22.4 Å². The Balaban J connectivity index is 2.01. The first-order chi connectivity index (χ1) is 10.3. The number of hydrogen-bond donors (Lipinski definition) is 0. The predicted molar refractivity (Wildman–Crippen MR) is 72.6 cm³/mol. The normalized spacial score (nSPS) is 27.5. The van der Waals surface area contributed by atoms with Crippen molar-refractivity contribution in [3.05, 3.63) is 33.9 Å². The summed E-state index contributed by atoms with van der Waals surface area (Å²) in [5.74, 6) is 0. The molecular weight excluding hydrogens is 317 g/mol. The zero-order chi connectivity index (χ0) is 16.1. The van der Waals surface area contributed by atoms with Gasteiger partial charge in [-0.25, -0.2) is 0 Å². The molecule has 0 saturated carbocycles. The SMILES string of the molecule is O=[N+]([O-])c1ccc(N2C3CCC2C(O[Si])C3)cc1C(F)(F)F. The summed E-state index contributed by atoms with van der Waals surface area (Å²) in [6.45, 7) is 0. The highest BCUT2D eigenvalue weighted by Crippen LogP contribution is 2.45. The number of hydrogen-bond acceptors (Lipinski definition) is 4. The minimum Gasteiger partial charge on any atom is -0.414 e. The molecule has 2 saturated heterocycles. The number of halogens is 3. The minimum atomic E-state index is -4.76. The Morgan fingerprint density at radius 1 is 1.36 bits per heavy atom. The van der Waals surface area contributed by atoms with E-state index in [1.54, 1.807) is 0 Å². The van der Waals surface area contributed by atoms with Crippen molar-refractivity contribution < 1.29 is 22.5 Å². The minimum absolute atomic E-state index is 0.00922. The Hall–Kier alpha value is -1.61. The van der Waals surface area contributed by atoms with Crippen LogP contribution in [0.3, 0.4) is 0 Å². The van der Waals surface area contributed by atoms with Crippen LogP contribution in [0.25, 0.3) is 0 Å². The van der Waals surface area contributed by atoms with E-state index in [0.29, 0.717) is 5.69 Å². The van der Waals surface area contributed by atoms with Gasteiger partial charge < -0.3 is 9.33 Å². The smallest absolute Gasteiger partial charge is 0.414 e. The van der Waals surface area contributed by atoms with Gasteiger partial charge in [0.2, 0.25) is 10.5 Å². The Kier molecular flexibility index (Phi) is 3.64. The third-order valence-electron chi connectivity index (χ3n) is 4.41. The molecule has 2 aliphatic heterocycles. The molecule has 1 aromatic rings. The van der Waals surface area contributed by atoms with Crippen molar-refractivity contribution in [1.29, 1.82) is 0 Å². The first-order valence-corrected chi connectivity index (χ1v) is 7.20. The van der Waals surface area contributed by atoms with E-state index in [4.69, 9.17) is 4.43 Å². The summed E-state index contributed by atoms with van der Waals surface area (Å²) in [6.07, 6.45) is -2.40. The molecule has 3 rings (SSSR count). The van der Waals surface area contributed by atoms with Gasteiger partial charge in [-0.05, 0) is 31.4 Å². The van der Waals surface area contributed by atoms with Gasteiger partial charge in [0.1, 0.15) is 5.56 Å². The van der Waals surface area contributed by atoms with Gasteiger partial charge in [0.25, 0.3) is 5.69 Å². The Bertz CT molecular complexity index is 611. The van der Waals surface area contributed by atoms with E-state index >= 15 is 0 Å². The fourth-order valence-corrected chi connectivity index (χ4v) is 3.79. The number of nitro benzene ring substituents is 1. The number of nitrogens with zero attached hydrogens (tertiary/aromatic N) is 2. The molecule has 0 aliphatic carbocycles. The zero-order valence-electron chi connectivity index (χ0n) is 11.3. The first kappa shape index (κ1) is 15.3. The standard InChI is InChI=1S/C13H12F3N2O3Si/c14-13(15,16)9-5-7(1-3-10(9)18(19)20)17-8-2-4-11(17)12(6-8)21-22/h1,3,5,8,11-12H,2,4,6H2. The average Bonchev–Trinajstić information content (AvgIpc) is 3.02. The molecule has 117 valence electrons. The second-order valence-electron chi connectivity index (χ2n) is 5.55. The topological polar surface area (TPSA) is 55.6 Å². The van der Waals surface area contributed by atoms with Gasteiger partial charge in [0, 0.05) is 17.8 Å². The lowest BCUT2D eigenvalue weighted by Crippen LogP contribution is -2.33. The van der Waals surface area contributed by atoms with Crippen molar-refractivity contribution >= 4 is 21.9 Å². The molecule has 22 heavy (non-hydrogen) atoms. The maximum absolute atomic E-state index is 13.1. The average molecular weight is 329 g/mol. The van der Waals surface area contributed by atoms with Crippen molar-refractivity contribution in [1.82, 2.24) is 0 Å². The fourth-order valence-electron chi connectivity index (χ4n) is 3.53. The van der Waals surface area contributed by atoms with Crippen molar-refractivity contribution in [2.24, 2.45) is 0 Å². The summed E-state index contributed by atoms with van der Waals surface area (Å²) in [7, 11) is 3.01. The first-order valence-electron chi connectivity index (χ1n) is 6.79. The zero-order valence-corrected chi connectivity index (χ0v) is 12.3. The molecule has 3 unspecified atom stereocenters. The predicted octanol–water partition coefficient (Wildman–Crippen LogP) is 2.82. The van der Waals surface area contributed by atoms with E-state index in [1.165, 1.54) is 6.07 Å². The molecule has 0 spiro atoms. The monoisotopic (exact) mass is 329 g/mol. The maximum atomic E-state index is 13.1. The summed E-state index contributed by atoms with van der Waals surface area (Å²) >= 11 is 0. The van der Waals surface area contributed by atoms with Crippen LogP contribution in [0.4, 0.5) is 24.5 Å². The molecule has 2 heterocycles. The van der Waals surface area contributed by atoms with Crippen molar-refractivity contribution in [2.45, 2.75) is 43.6 Å². The third kappa shape index (κ3) is 2.37. The van der Waals surface area contributed by atoms with Crippen LogP contribution in [-0.4, -0.2) is 33.6 Å². The van der Waals surface area contributed by atoms with Gasteiger partial charge in [-0.1, -0.05) is 0 Å². The number of rotatable bonds is 3. The van der Waals surface area contributed by atoms with Crippen molar-refractivity contribution in [3.63, 3.8) is 0 Å². The van der Waals surface area contributed by atoms with Crippen LogP contribution in [-0.2, 0) is 10.6 Å². The van der Waals surface area contributed by atoms with Crippen LogP contribution in [0, 0.1) is 10.1 Å². The van der Waals surface area contributed by atoms with E-state index in [1.807, 2.05) is 4.90 Å². The van der Waals surface area contributed by atoms with Crippen LogP contribution in [0.1, 0.15) is 24.8 Å². The van der Waals surface area contributed by atoms with Crippen LogP contribution in [0.5, 0.6) is 0 Å². The molecule has 3 radical (unpaired) electrons. The Morgan fingerprint density at radius 2 is 2.09 bits per heavy atom. The van der Waals surface area contributed by atoms with Crippen LogP contribution in [0.15, 0.2) is 18.2 Å². The quantitative estimate of drug-likeness (QED) is 0.486. The highest BCUT2D eigenvalue weighted by atomic mass is 28.2. The summed E-state index contributed by atoms with van der Waals surface area (Å²) in [6, 6.07) is 3.28. The summed E-state index contributed by atoms with van der Waals surface area (Å²) in [5, 5.41) is 10.8. The molecule has 0 N–H and O–H groups in total. The molecule has 2 fully saturated rings. The number of alkyl halides is 3. The van der Waals surface area contributed by atoms with Gasteiger partial charge in [0.15, 0.2) is 0 Å². The summed E-state index contributed by atoms with van der Waals surface area (Å²) in [5.41, 5.74) is -1.77. The van der Waals surface area contributed by atoms with E-state index in [-0.39, 0.29) is 18.2 Å². The lowest BCUT2D eigenvalue weighted by Gasteiger charge is -2.26. The Labute approximate surface area is 127 Å². The lowest BCUT2D eigenvalue weighted by molar-refractivity contribution is -0.388. The number of fused-ring (bicyclic) bond motifs is 2. The summed E-state index contributed by atoms with van der Waals surface area (Å²) in [4.78, 5) is 11.7. The molecule has 0 amide bonds. The molecule has 9 heteroatoms. The summed E-state index contributed by atoms with van der Waals surface area (Å²) < 4.78 is 44.4. The van der Waals surface area contributed by atoms with Gasteiger partial charge >= 0.3 is 6.18 Å². The van der Waals surface area contributed by atoms with Crippen LogP contribution < -0.4 is 4.90 Å². The third-order valence-corrected chi connectivity index (χ3v) is 4.71. The van der Waals surface area contributed by atoms with Crippen molar-refractivity contribution in [2.75, 3.05) is 4.90 Å². The maximum Gasteiger partial charge on any atom is 0.423 e. The van der Waals surface area contributed by atoms with Gasteiger partial charge in [-0.15, -0.1) is 0 Å². The Morgan fingerprint density at radius 3 is 2.64 bits per heavy atom. The molecule has 2 bridgehead atoms. The van der Waals surface area contributed by atoms with Crippen LogP contribution >= 0.6 is 0 Å². The fraction of sp³-hybridized carbons (Fsp3) is 0.538. The van der Waals surface area contributed by atoms with Gasteiger partial charge in [-0.2, -0.15) is 13.2 Å². The van der Waals surface area contributed by atoms with Crippen molar-refractivity contribution in [3.8, 4) is 0 Å². The molecule has 0 aromatic heterocycles. The number of benzene rings is 1. The molecule has 3 atom stereocenters. The van der Waals surface area contributed by atoms with Gasteiger partial charge in [-0.3, -0.25) is 10.1 Å². The second kappa shape index (κ2) is 5.23. The van der Waals surface area contributed by atoms with Crippen LogP contribution in [0.2, 0.25) is 0 Å². The molecule has 5 nitrogen and oxygen atoms in total. The van der Waals surface area contributed by atoms with E-state index in [2.05, 4.69) is 10.5 Å². The van der Waals surface area contributed by atoms with E-state index in [9.17, 15) is 23.3 Å². The van der Waals surface area contributed by atoms with E-state index in [0.717, 1.165) is 31.4 Å². The number of nitro groups is 1. The molecule has 1 aromatic carbocycles. The second-order valence-corrected chi connectivity index (χ2v) is 5.79. The highest BCUT2D eigenvalue weighted by molar-refractivity contribution is 5.98. The number of anilines is 1. The van der Waals surface area contributed by atoms with Gasteiger partial charge in [0.05, 0.1) is 17.1 Å². The molecule has 2 aliphatic rings. The highest BCUT2D eigenvalue weighted by Gasteiger charge is 2.47. The largest absolute Gasteiger partial charge is 0.423 e. The lowest BCUT2D eigenvalue weighted by atomic mass is 9.98. The molecular formula is C13H12F3N2O3Si.